The first kappa shape index (κ1) is 66.5. The number of aromatic nitrogens is 3. The topological polar surface area (TPSA) is 362 Å². The fourth-order valence-corrected chi connectivity index (χ4v) is 14.4. The summed E-state index contributed by atoms with van der Waals surface area (Å²) in [5.41, 5.74) is 4.56. The molecular weight excluding hydrogens is 1280 g/mol. The van der Waals surface area contributed by atoms with Crippen LogP contribution < -0.4 is 31.0 Å². The number of carboxylic acids is 1. The van der Waals surface area contributed by atoms with Gasteiger partial charge in [0.25, 0.3) is 5.91 Å². The predicted octanol–water partition coefficient (Wildman–Crippen LogP) is -1.24. The van der Waals surface area contributed by atoms with E-state index < -0.39 is 90.6 Å². The first-order valence-electron chi connectivity index (χ1n) is 28.0. The van der Waals surface area contributed by atoms with Crippen molar-refractivity contribution < 1.29 is 73.5 Å². The first-order valence-corrected chi connectivity index (χ1v) is 35.0. The Balaban J connectivity index is 0.674. The first-order chi connectivity index (χ1) is 41.9. The van der Waals surface area contributed by atoms with E-state index in [0.29, 0.717) is 127 Å². The van der Waals surface area contributed by atoms with Crippen LogP contribution in [0, 0.1) is 0 Å². The van der Waals surface area contributed by atoms with E-state index in [1.54, 1.807) is 54.3 Å². The number of hydroxylamine groups is 1. The number of aliphatic carboxylic acids is 1. The molecule has 2 aromatic heterocycles. The standard InChI is InChI=1S/C54H74N12O18S2.In/c1-62-34-45(51(73)44-12-3-39(31-47(44)62)32-58-54-55-14-15-56-54)52(74)57-33-46(53(75)76)61-86(79,80)43-10-6-41(7-11-43)40-4-8-42(9-5-40)85(77,78)60-13-2-25-81-27-29-83-30-28-82-26-16-59-84-38-66-23-21-64(36-49(69)70)19-17-63(35-48(67)68)18-20-65(22-24-66)37-50(71)72;/h3-12,14-15,31,34,46,59-61H,2,13,16-30,32-33,35-38H2,1H3,(H,57,74)(H,67,68)(H,69,70)(H,71,72)(H,75,76)(H2,55,56,58);/q;+3/p-3/t46-;/m0./s1. The number of anilines is 1. The molecule has 8 rings (SSSR count). The van der Waals surface area contributed by atoms with Gasteiger partial charge in [-0.15, -0.1) is 0 Å². The minimum Gasteiger partial charge on any atom is -0.480 e. The van der Waals surface area contributed by atoms with Crippen molar-refractivity contribution in [1.82, 2.24) is 54.4 Å². The van der Waals surface area contributed by atoms with Crippen LogP contribution >= 0.6 is 0 Å². The van der Waals surface area contributed by atoms with E-state index in [4.69, 9.17) is 27.6 Å². The van der Waals surface area contributed by atoms with Crippen molar-refractivity contribution in [2.75, 3.05) is 143 Å². The Morgan fingerprint density at radius 2 is 1.26 bits per heavy atom. The monoisotopic (exact) mass is 1350 g/mol. The largest absolute Gasteiger partial charge is 0.480 e. The van der Waals surface area contributed by atoms with E-state index in [1.165, 1.54) is 42.6 Å². The fourth-order valence-electron chi connectivity index (χ4n) is 9.29. The van der Waals surface area contributed by atoms with Crippen molar-refractivity contribution in [2.24, 2.45) is 7.05 Å². The van der Waals surface area contributed by atoms with Crippen LogP contribution in [-0.4, -0.2) is 253 Å². The van der Waals surface area contributed by atoms with Crippen LogP contribution in [0.3, 0.4) is 0 Å². The van der Waals surface area contributed by atoms with Gasteiger partial charge in [0, 0.05) is 57.3 Å². The number of benzene rings is 3. The molecule has 3 aliphatic rings. The molecule has 3 atom stereocenters. The van der Waals surface area contributed by atoms with Crippen molar-refractivity contribution in [3.05, 3.63) is 107 Å². The minimum absolute atomic E-state index is 0.0100. The maximum absolute atomic E-state index is 13.4. The smallest absolute Gasteiger partial charge is 0.323 e. The third kappa shape index (κ3) is 20.6. The van der Waals surface area contributed by atoms with Gasteiger partial charge in [-0.05, 0) is 59.5 Å². The van der Waals surface area contributed by atoms with Crippen LogP contribution in [0.15, 0.2) is 99.9 Å². The molecule has 4 bridgehead atoms. The summed E-state index contributed by atoms with van der Waals surface area (Å²) in [5, 5.41) is 15.7. The molecule has 5 heterocycles. The van der Waals surface area contributed by atoms with Crippen LogP contribution in [-0.2, 0) is 80.4 Å². The molecule has 3 aliphatic heterocycles. The quantitative estimate of drug-likeness (QED) is 0.0218. The van der Waals surface area contributed by atoms with Gasteiger partial charge < -0.3 is 39.5 Å². The summed E-state index contributed by atoms with van der Waals surface area (Å²) in [5.74, 6) is -3.63. The van der Waals surface area contributed by atoms with Gasteiger partial charge in [-0.1, -0.05) is 30.3 Å². The van der Waals surface area contributed by atoms with Gasteiger partial charge in [0.2, 0.25) is 25.5 Å². The summed E-state index contributed by atoms with van der Waals surface area (Å²) in [4.78, 5) is 97.5. The number of nitrogens with zero attached hydrogens (tertiary/aromatic N) is 6. The van der Waals surface area contributed by atoms with Crippen molar-refractivity contribution in [1.29, 1.82) is 0 Å². The number of nitrogens with one attached hydrogen (secondary N) is 6. The number of hydrogen-bond donors (Lipinski definition) is 7. The van der Waals surface area contributed by atoms with Crippen LogP contribution in [0.1, 0.15) is 22.3 Å². The van der Waals surface area contributed by atoms with Crippen LogP contribution in [0.4, 0.5) is 5.95 Å². The number of sulfonamides is 2. The number of rotatable bonds is 29. The number of H-pyrrole nitrogens is 1. The van der Waals surface area contributed by atoms with E-state index >= 15 is 0 Å². The van der Waals surface area contributed by atoms with Crippen LogP contribution in [0.25, 0.3) is 22.0 Å². The fraction of sp³-hybridized carbons (Fsp3) is 0.463. The van der Waals surface area contributed by atoms with Crippen LogP contribution in [0.2, 0.25) is 0 Å². The molecule has 3 saturated heterocycles. The zero-order valence-electron chi connectivity index (χ0n) is 47.9. The Bertz CT molecular complexity index is 3390. The molecule has 33 heteroatoms. The Kier molecular flexibility index (Phi) is 25.0. The van der Waals surface area contributed by atoms with E-state index in [1.807, 2.05) is 14.7 Å². The molecule has 470 valence electrons. The van der Waals surface area contributed by atoms with Gasteiger partial charge >= 0.3 is 191 Å². The van der Waals surface area contributed by atoms with E-state index in [0.717, 1.165) is 5.56 Å². The van der Waals surface area contributed by atoms with Gasteiger partial charge in [-0.25, -0.2) is 26.5 Å². The number of carbonyl (C=O) groups is 5. The number of carboxylic acid groups (broad SMARTS) is 1. The number of hydrogen-bond acceptors (Lipinski definition) is 24. The van der Waals surface area contributed by atoms with E-state index in [9.17, 15) is 50.7 Å². The van der Waals surface area contributed by atoms with E-state index in [2.05, 4.69) is 40.4 Å². The number of ether oxygens (including phenoxy) is 3. The molecule has 2 unspecified atom stereocenters. The number of fused-ring (bicyclic) bond motifs is 8. The number of imidazole rings is 1. The number of carbonyl (C=O) groups excluding carboxylic acids is 4. The average molecular weight is 1360 g/mol. The van der Waals surface area contributed by atoms with Crippen molar-refractivity contribution in [2.45, 2.75) is 28.8 Å². The molecule has 1 amide bonds. The van der Waals surface area contributed by atoms with Crippen molar-refractivity contribution in [3.63, 3.8) is 0 Å². The van der Waals surface area contributed by atoms with Crippen molar-refractivity contribution in [3.8, 4) is 11.1 Å². The summed E-state index contributed by atoms with van der Waals surface area (Å²) in [6, 6.07) is 14.7. The molecule has 5 aromatic rings. The molecule has 0 radical (unpaired) electrons. The van der Waals surface area contributed by atoms with Crippen molar-refractivity contribution >= 4 is 89.4 Å². The number of aryl methyl sites for hydroxylation is 1. The molecule has 87 heavy (non-hydrogen) atoms. The number of amides is 1. The Labute approximate surface area is 511 Å². The molecule has 0 aliphatic carbocycles. The second kappa shape index (κ2) is 32.7. The maximum Gasteiger partial charge on any atom is 0.323 e. The van der Waals surface area contributed by atoms with Gasteiger partial charge in [-0.2, -0.15) is 4.72 Å². The Morgan fingerprint density at radius 3 is 1.83 bits per heavy atom. The third-order valence-corrected chi connectivity index (χ3v) is 20.9. The predicted molar refractivity (Wildman–Crippen MR) is 312 cm³/mol. The van der Waals surface area contributed by atoms with Gasteiger partial charge in [-0.3, -0.25) is 14.4 Å². The molecule has 3 fully saturated rings. The number of pyridine rings is 1. The molecule has 3 aromatic carbocycles. The zero-order valence-corrected chi connectivity index (χ0v) is 52.8. The second-order valence-electron chi connectivity index (χ2n) is 20.4. The second-order valence-corrected chi connectivity index (χ2v) is 27.5. The van der Waals surface area contributed by atoms with Gasteiger partial charge in [0.1, 0.15) is 11.6 Å². The molecule has 7 N–H and O–H groups in total. The summed E-state index contributed by atoms with van der Waals surface area (Å²) in [7, 11) is -6.67. The molecule has 0 spiro atoms. The number of aromatic amines is 1. The summed E-state index contributed by atoms with van der Waals surface area (Å²) >= 11 is -4.19. The summed E-state index contributed by atoms with van der Waals surface area (Å²) in [6.07, 6.45) is 5.00. The summed E-state index contributed by atoms with van der Waals surface area (Å²) in [6.45, 7) is 6.65. The Morgan fingerprint density at radius 1 is 0.713 bits per heavy atom. The average Bonchev–Trinajstić information content (AvgIpc) is 3.68. The minimum atomic E-state index is -4.44. The van der Waals surface area contributed by atoms with E-state index in [-0.39, 0.29) is 60.3 Å². The maximum atomic E-state index is 13.4. The molecule has 0 saturated carbocycles. The van der Waals surface area contributed by atoms with Gasteiger partial charge in [0.05, 0.1) is 41.7 Å². The normalized spacial score (nSPS) is 18.6. The SMILES string of the molecule is Cn1cc(C(=O)NC[C@H](NS(=O)(=O)c2ccc(-c3ccc(S(=O)(=O)NCCCOCCOCCOCCNOCN4CCN5CCN6CCN(CC4)CC(=O)[O][In]([O]C(=O)C5)[O]C(=O)C6)cc3)cc2)C(=O)O)c(=O)c2ccc(CNc3ncc[nH]3)cc21. The third-order valence-electron chi connectivity index (χ3n) is 14.1. The zero-order chi connectivity index (χ0) is 61.8. The molecule has 30 nitrogen and oxygen atoms in total. The Hall–Kier alpha value is -6.44. The summed E-state index contributed by atoms with van der Waals surface area (Å²) < 4.78 is 92.1. The molecular formula is C54H71InN12O18S2. The van der Waals surface area contributed by atoms with Gasteiger partial charge in [0.15, 0.2) is 5.95 Å². The van der Waals surface area contributed by atoms with Crippen LogP contribution in [0.5, 0.6) is 0 Å².